The fraction of sp³-hybridized carbons (Fsp3) is 0. The third-order valence-corrected chi connectivity index (χ3v) is 3.41. The van der Waals surface area contributed by atoms with Crippen LogP contribution in [0.3, 0.4) is 0 Å². The lowest BCUT2D eigenvalue weighted by Crippen LogP contribution is -2.14. The monoisotopic (exact) mass is 350 g/mol. The average molecular weight is 352 g/mol. The first-order chi connectivity index (χ1) is 9.63. The number of nitrogens with one attached hydrogen (secondary N) is 2. The molecular formula is C13H8BrClN4O. The molecule has 2 heterocycles. The number of fused-ring (bicyclic) bond motifs is 1. The first-order valence-electron chi connectivity index (χ1n) is 5.70. The number of amides is 1. The summed E-state index contributed by atoms with van der Waals surface area (Å²) in [4.78, 5) is 23.3. The van der Waals surface area contributed by atoms with Crippen LogP contribution in [0.25, 0.3) is 11.0 Å². The highest BCUT2D eigenvalue weighted by molar-refractivity contribution is 9.10. The standard InChI is InChI=1S/C13H8BrClN4O/c14-7-5-8(11(15)16-6-7)12(20)19-13-17-9-3-1-2-4-10(9)18-13/h1-6H,(H2,17,18,19,20). The van der Waals surface area contributed by atoms with Crippen molar-refractivity contribution < 1.29 is 4.79 Å². The number of carbonyl (C=O) groups excluding carboxylic acids is 1. The van der Waals surface area contributed by atoms with Gasteiger partial charge in [-0.3, -0.25) is 10.1 Å². The van der Waals surface area contributed by atoms with E-state index in [1.807, 2.05) is 24.3 Å². The quantitative estimate of drug-likeness (QED) is 0.693. The number of para-hydroxylation sites is 2. The second-order valence-corrected chi connectivity index (χ2v) is 5.32. The summed E-state index contributed by atoms with van der Waals surface area (Å²) in [5.74, 6) is -0.00454. The molecule has 0 atom stereocenters. The van der Waals surface area contributed by atoms with Crippen molar-refractivity contribution in [3.8, 4) is 0 Å². The number of hydrogen-bond acceptors (Lipinski definition) is 3. The summed E-state index contributed by atoms with van der Waals surface area (Å²) in [6.45, 7) is 0. The number of imidazole rings is 1. The topological polar surface area (TPSA) is 70.7 Å². The number of pyridine rings is 1. The van der Waals surface area contributed by atoms with Crippen LogP contribution in [-0.2, 0) is 0 Å². The van der Waals surface area contributed by atoms with Crippen molar-refractivity contribution in [1.29, 1.82) is 0 Å². The third kappa shape index (κ3) is 2.52. The van der Waals surface area contributed by atoms with Crippen LogP contribution in [0.1, 0.15) is 10.4 Å². The first kappa shape index (κ1) is 13.1. The van der Waals surface area contributed by atoms with E-state index >= 15 is 0 Å². The summed E-state index contributed by atoms with van der Waals surface area (Å²) in [5.41, 5.74) is 1.91. The van der Waals surface area contributed by atoms with Crippen LogP contribution in [0.2, 0.25) is 5.15 Å². The smallest absolute Gasteiger partial charge is 0.261 e. The van der Waals surface area contributed by atoms with Crippen molar-refractivity contribution in [1.82, 2.24) is 15.0 Å². The number of rotatable bonds is 2. The Morgan fingerprint density at radius 3 is 2.95 bits per heavy atom. The van der Waals surface area contributed by atoms with Crippen LogP contribution in [-0.4, -0.2) is 20.9 Å². The maximum atomic E-state index is 12.1. The Morgan fingerprint density at radius 1 is 1.35 bits per heavy atom. The van der Waals surface area contributed by atoms with Crippen molar-refractivity contribution in [2.24, 2.45) is 0 Å². The fourth-order valence-electron chi connectivity index (χ4n) is 1.77. The van der Waals surface area contributed by atoms with Gasteiger partial charge in [0.25, 0.3) is 5.91 Å². The number of carbonyl (C=O) groups is 1. The van der Waals surface area contributed by atoms with Crippen LogP contribution in [0.15, 0.2) is 41.0 Å². The molecule has 0 spiro atoms. The van der Waals surface area contributed by atoms with E-state index in [2.05, 4.69) is 36.2 Å². The van der Waals surface area contributed by atoms with Gasteiger partial charge in [-0.2, -0.15) is 0 Å². The molecule has 0 saturated carbocycles. The number of aromatic nitrogens is 3. The summed E-state index contributed by atoms with van der Waals surface area (Å²) in [5, 5.41) is 2.81. The molecule has 0 aliphatic carbocycles. The Labute approximate surface area is 127 Å². The molecule has 0 aliphatic heterocycles. The number of hydrogen-bond donors (Lipinski definition) is 2. The van der Waals surface area contributed by atoms with Gasteiger partial charge in [0.05, 0.1) is 16.6 Å². The molecule has 0 radical (unpaired) electrons. The van der Waals surface area contributed by atoms with Gasteiger partial charge in [0.1, 0.15) is 5.15 Å². The number of aromatic amines is 1. The molecule has 0 fully saturated rings. The van der Waals surface area contributed by atoms with Gasteiger partial charge in [0.2, 0.25) is 5.95 Å². The van der Waals surface area contributed by atoms with Gasteiger partial charge in [0, 0.05) is 10.7 Å². The maximum Gasteiger partial charge on any atom is 0.261 e. The van der Waals surface area contributed by atoms with Crippen LogP contribution < -0.4 is 5.32 Å². The Bertz CT molecular complexity index is 769. The maximum absolute atomic E-state index is 12.1. The van der Waals surface area contributed by atoms with E-state index in [0.29, 0.717) is 10.4 Å². The summed E-state index contributed by atoms with van der Waals surface area (Å²) in [6.07, 6.45) is 1.53. The fourth-order valence-corrected chi connectivity index (χ4v) is 2.29. The van der Waals surface area contributed by atoms with Crippen molar-refractivity contribution in [3.05, 3.63) is 51.7 Å². The SMILES string of the molecule is O=C(Nc1nc2ccccc2[nH]1)c1cc(Br)cnc1Cl. The summed E-state index contributed by atoms with van der Waals surface area (Å²) < 4.78 is 0.677. The minimum absolute atomic E-state index is 0.141. The molecule has 2 N–H and O–H groups in total. The van der Waals surface area contributed by atoms with Crippen molar-refractivity contribution >= 4 is 50.4 Å². The Kier molecular flexibility index (Phi) is 3.42. The number of anilines is 1. The van der Waals surface area contributed by atoms with Crippen LogP contribution in [0.4, 0.5) is 5.95 Å². The average Bonchev–Trinajstić information content (AvgIpc) is 2.83. The first-order valence-corrected chi connectivity index (χ1v) is 6.88. The molecule has 0 saturated heterocycles. The number of benzene rings is 1. The van der Waals surface area contributed by atoms with E-state index in [4.69, 9.17) is 11.6 Å². The second kappa shape index (κ2) is 5.22. The molecular weight excluding hydrogens is 344 g/mol. The van der Waals surface area contributed by atoms with Gasteiger partial charge in [0.15, 0.2) is 0 Å². The second-order valence-electron chi connectivity index (χ2n) is 4.05. The van der Waals surface area contributed by atoms with Crippen LogP contribution >= 0.6 is 27.5 Å². The van der Waals surface area contributed by atoms with Gasteiger partial charge < -0.3 is 4.98 Å². The summed E-state index contributed by atoms with van der Waals surface area (Å²) >= 11 is 9.17. The molecule has 20 heavy (non-hydrogen) atoms. The van der Waals surface area contributed by atoms with E-state index < -0.39 is 0 Å². The molecule has 3 aromatic rings. The minimum Gasteiger partial charge on any atom is -0.324 e. The van der Waals surface area contributed by atoms with Crippen LogP contribution in [0.5, 0.6) is 0 Å². The molecule has 7 heteroatoms. The molecule has 100 valence electrons. The van der Waals surface area contributed by atoms with E-state index in [1.54, 1.807) is 6.07 Å². The number of H-pyrrole nitrogens is 1. The number of halogens is 2. The Hall–Kier alpha value is -1.92. The highest BCUT2D eigenvalue weighted by Gasteiger charge is 2.14. The Morgan fingerprint density at radius 2 is 2.15 bits per heavy atom. The van der Waals surface area contributed by atoms with E-state index in [-0.39, 0.29) is 16.6 Å². The molecule has 0 aliphatic rings. The molecule has 3 rings (SSSR count). The molecule has 0 bridgehead atoms. The zero-order valence-electron chi connectivity index (χ0n) is 10.0. The molecule has 0 unspecified atom stereocenters. The molecule has 5 nitrogen and oxygen atoms in total. The molecule has 1 amide bonds. The minimum atomic E-state index is -0.372. The highest BCUT2D eigenvalue weighted by atomic mass is 79.9. The lowest BCUT2D eigenvalue weighted by atomic mass is 10.3. The lowest BCUT2D eigenvalue weighted by Gasteiger charge is -2.03. The number of nitrogens with zero attached hydrogens (tertiary/aromatic N) is 2. The van der Waals surface area contributed by atoms with Gasteiger partial charge in [-0.25, -0.2) is 9.97 Å². The van der Waals surface area contributed by atoms with E-state index in [0.717, 1.165) is 11.0 Å². The zero-order valence-corrected chi connectivity index (χ0v) is 12.4. The van der Waals surface area contributed by atoms with Crippen molar-refractivity contribution in [2.45, 2.75) is 0 Å². The van der Waals surface area contributed by atoms with Gasteiger partial charge in [-0.1, -0.05) is 23.7 Å². The predicted octanol–water partition coefficient (Wildman–Crippen LogP) is 3.63. The van der Waals surface area contributed by atoms with Gasteiger partial charge in [-0.15, -0.1) is 0 Å². The summed E-state index contributed by atoms with van der Waals surface area (Å²) in [6, 6.07) is 9.11. The van der Waals surface area contributed by atoms with Crippen molar-refractivity contribution in [2.75, 3.05) is 5.32 Å². The van der Waals surface area contributed by atoms with E-state index in [9.17, 15) is 4.79 Å². The lowest BCUT2D eigenvalue weighted by molar-refractivity contribution is 0.102. The Balaban J connectivity index is 1.90. The highest BCUT2D eigenvalue weighted by Crippen LogP contribution is 2.20. The normalized spacial score (nSPS) is 10.7. The summed E-state index contributed by atoms with van der Waals surface area (Å²) in [7, 11) is 0. The van der Waals surface area contributed by atoms with Gasteiger partial charge in [-0.05, 0) is 34.1 Å². The van der Waals surface area contributed by atoms with Crippen molar-refractivity contribution in [3.63, 3.8) is 0 Å². The largest absolute Gasteiger partial charge is 0.324 e. The predicted molar refractivity (Wildman–Crippen MR) is 81.0 cm³/mol. The molecule has 2 aromatic heterocycles. The zero-order chi connectivity index (χ0) is 14.1. The van der Waals surface area contributed by atoms with Gasteiger partial charge >= 0.3 is 0 Å². The molecule has 1 aromatic carbocycles. The third-order valence-electron chi connectivity index (χ3n) is 2.67. The van der Waals surface area contributed by atoms with E-state index in [1.165, 1.54) is 6.20 Å². The van der Waals surface area contributed by atoms with Crippen LogP contribution in [0, 0.1) is 0 Å².